The molecule has 1 aliphatic heterocycles. The number of aryl methyl sites for hydroxylation is 2. The van der Waals surface area contributed by atoms with Gasteiger partial charge in [-0.15, -0.1) is 0 Å². The number of nitrogens with one attached hydrogen (secondary N) is 3. The van der Waals surface area contributed by atoms with E-state index in [9.17, 15) is 9.59 Å². The van der Waals surface area contributed by atoms with Gasteiger partial charge in [0.2, 0.25) is 0 Å². The summed E-state index contributed by atoms with van der Waals surface area (Å²) >= 11 is 0. The van der Waals surface area contributed by atoms with Crippen LogP contribution in [0.3, 0.4) is 0 Å². The smallest absolute Gasteiger partial charge is 0.274 e. The third-order valence-electron chi connectivity index (χ3n) is 5.80. The van der Waals surface area contributed by atoms with Crippen molar-refractivity contribution in [3.05, 3.63) is 76.6 Å². The number of nitrogens with two attached hydrogens (primary N) is 1. The number of nitrogens with zero attached hydrogens (tertiary/aromatic N) is 2. The van der Waals surface area contributed by atoms with Crippen LogP contribution in [0, 0.1) is 13.8 Å². The Kier molecular flexibility index (Phi) is 7.18. The average molecular weight is 459 g/mol. The van der Waals surface area contributed by atoms with Gasteiger partial charge in [-0.05, 0) is 50.9 Å². The van der Waals surface area contributed by atoms with Crippen LogP contribution in [0.1, 0.15) is 50.4 Å². The first-order valence-electron chi connectivity index (χ1n) is 11.5. The lowest BCUT2D eigenvalue weighted by Crippen LogP contribution is -2.46. The van der Waals surface area contributed by atoms with Crippen molar-refractivity contribution in [1.82, 2.24) is 25.9 Å². The quantitative estimate of drug-likeness (QED) is 0.451. The van der Waals surface area contributed by atoms with Gasteiger partial charge in [0, 0.05) is 30.3 Å². The summed E-state index contributed by atoms with van der Waals surface area (Å²) in [6.07, 6.45) is 3.43. The zero-order valence-corrected chi connectivity index (χ0v) is 19.5. The predicted octanol–water partition coefficient (Wildman–Crippen LogP) is 2.75. The second kappa shape index (κ2) is 10.4. The van der Waals surface area contributed by atoms with Crippen molar-refractivity contribution in [3.63, 3.8) is 0 Å². The van der Waals surface area contributed by atoms with E-state index in [1.54, 1.807) is 18.2 Å². The Labute approximate surface area is 199 Å². The summed E-state index contributed by atoms with van der Waals surface area (Å²) in [5.74, 6) is -0.456. The molecule has 5 N–H and O–H groups in total. The van der Waals surface area contributed by atoms with Gasteiger partial charge in [0.05, 0.1) is 11.9 Å². The van der Waals surface area contributed by atoms with E-state index in [2.05, 4.69) is 44.1 Å². The van der Waals surface area contributed by atoms with Crippen LogP contribution < -0.4 is 21.7 Å². The summed E-state index contributed by atoms with van der Waals surface area (Å²) in [6, 6.07) is 13.4. The van der Waals surface area contributed by atoms with Crippen LogP contribution in [-0.2, 0) is 6.54 Å². The minimum absolute atomic E-state index is 0.0373. The van der Waals surface area contributed by atoms with Crippen molar-refractivity contribution < 1.29 is 9.59 Å². The molecule has 2 amide bonds. The van der Waals surface area contributed by atoms with Crippen LogP contribution in [0.5, 0.6) is 0 Å². The van der Waals surface area contributed by atoms with Crippen LogP contribution in [-0.4, -0.2) is 40.9 Å². The first-order chi connectivity index (χ1) is 16.4. The van der Waals surface area contributed by atoms with Gasteiger partial charge >= 0.3 is 0 Å². The van der Waals surface area contributed by atoms with Crippen LogP contribution in [0.25, 0.3) is 11.3 Å². The molecule has 2 aromatic carbocycles. The molecule has 1 atom stereocenters. The minimum atomic E-state index is -0.345. The molecule has 0 bridgehead atoms. The van der Waals surface area contributed by atoms with Crippen molar-refractivity contribution in [2.75, 3.05) is 18.8 Å². The number of hydrogen-bond acceptors (Lipinski definition) is 6. The maximum atomic E-state index is 12.8. The number of nitrogen functional groups attached to an aromatic ring is 1. The molecule has 34 heavy (non-hydrogen) atoms. The molecule has 0 aliphatic carbocycles. The fourth-order valence-corrected chi connectivity index (χ4v) is 4.21. The Balaban J connectivity index is 1.48. The lowest BCUT2D eigenvalue weighted by Gasteiger charge is -2.23. The molecule has 0 unspecified atom stereocenters. The largest absolute Gasteiger partial charge is 0.382 e. The number of benzene rings is 2. The highest BCUT2D eigenvalue weighted by molar-refractivity contribution is 5.97. The summed E-state index contributed by atoms with van der Waals surface area (Å²) in [5.41, 5.74) is 11.1. The number of aromatic nitrogens is 2. The highest BCUT2D eigenvalue weighted by Gasteiger charge is 2.20. The van der Waals surface area contributed by atoms with Crippen molar-refractivity contribution in [2.24, 2.45) is 0 Å². The van der Waals surface area contributed by atoms with Gasteiger partial charge in [0.15, 0.2) is 11.5 Å². The fourth-order valence-electron chi connectivity index (χ4n) is 4.21. The number of rotatable bonds is 6. The van der Waals surface area contributed by atoms with Gasteiger partial charge in [0.1, 0.15) is 0 Å². The zero-order chi connectivity index (χ0) is 24.1. The Morgan fingerprint density at radius 2 is 1.91 bits per heavy atom. The molecule has 3 aromatic rings. The van der Waals surface area contributed by atoms with E-state index >= 15 is 0 Å². The first kappa shape index (κ1) is 23.4. The molecule has 176 valence electrons. The summed E-state index contributed by atoms with van der Waals surface area (Å²) in [4.78, 5) is 34.2. The van der Waals surface area contributed by atoms with Crippen LogP contribution in [0.15, 0.2) is 48.7 Å². The minimum Gasteiger partial charge on any atom is -0.382 e. The second-order valence-corrected chi connectivity index (χ2v) is 8.77. The number of amides is 2. The van der Waals surface area contributed by atoms with Crippen LogP contribution in [0.2, 0.25) is 0 Å². The maximum absolute atomic E-state index is 12.8. The molecule has 4 rings (SSSR count). The highest BCUT2D eigenvalue weighted by Crippen LogP contribution is 2.20. The molecule has 1 aliphatic rings. The van der Waals surface area contributed by atoms with Gasteiger partial charge in [-0.3, -0.25) is 9.59 Å². The number of carbonyl (C=O) groups excluding carboxylic acids is 2. The van der Waals surface area contributed by atoms with E-state index in [1.165, 1.54) is 6.20 Å². The standard InChI is InChI=1S/C26H30N6O2/c1-16-9-17(2)11-18(10-16)13-30-25(33)20-6-3-5-19(12-20)22-15-29-24(27)23(32-22)26(34)31-21-7-4-8-28-14-21/h3,5-6,9-12,15,21,28H,4,7-8,13-14H2,1-2H3,(H2,27,29)(H,30,33)(H,31,34)/t21-/m0/s1. The molecular formula is C26H30N6O2. The van der Waals surface area contributed by atoms with Crippen molar-refractivity contribution in [2.45, 2.75) is 39.3 Å². The number of hydrogen-bond donors (Lipinski definition) is 4. The maximum Gasteiger partial charge on any atom is 0.274 e. The summed E-state index contributed by atoms with van der Waals surface area (Å²) < 4.78 is 0. The van der Waals surface area contributed by atoms with E-state index in [4.69, 9.17) is 5.73 Å². The Bertz CT molecular complexity index is 1180. The van der Waals surface area contributed by atoms with Crippen LogP contribution in [0.4, 0.5) is 5.82 Å². The number of carbonyl (C=O) groups is 2. The molecule has 1 saturated heterocycles. The molecule has 2 heterocycles. The second-order valence-electron chi connectivity index (χ2n) is 8.77. The van der Waals surface area contributed by atoms with Gasteiger partial charge in [-0.1, -0.05) is 41.5 Å². The molecule has 1 aromatic heterocycles. The normalized spacial score (nSPS) is 15.5. The van der Waals surface area contributed by atoms with Crippen molar-refractivity contribution in [1.29, 1.82) is 0 Å². The monoisotopic (exact) mass is 458 g/mol. The molecule has 8 heteroatoms. The Morgan fingerprint density at radius 3 is 2.65 bits per heavy atom. The lowest BCUT2D eigenvalue weighted by atomic mass is 10.1. The van der Waals surface area contributed by atoms with Gasteiger partial charge < -0.3 is 21.7 Å². The molecular weight excluding hydrogens is 428 g/mol. The molecule has 8 nitrogen and oxygen atoms in total. The van der Waals surface area contributed by atoms with Gasteiger partial charge in [0.25, 0.3) is 11.8 Å². The summed E-state index contributed by atoms with van der Waals surface area (Å²) in [5, 5.41) is 9.21. The lowest BCUT2D eigenvalue weighted by molar-refractivity contribution is 0.0923. The Hall–Kier alpha value is -3.78. The van der Waals surface area contributed by atoms with E-state index in [0.29, 0.717) is 23.4 Å². The summed E-state index contributed by atoms with van der Waals surface area (Å²) in [7, 11) is 0. The van der Waals surface area contributed by atoms with E-state index in [1.807, 2.05) is 19.9 Å². The van der Waals surface area contributed by atoms with Crippen molar-refractivity contribution in [3.8, 4) is 11.3 Å². The van der Waals surface area contributed by atoms with Gasteiger partial charge in [-0.25, -0.2) is 9.97 Å². The van der Waals surface area contributed by atoms with Gasteiger partial charge in [-0.2, -0.15) is 0 Å². The third-order valence-corrected chi connectivity index (χ3v) is 5.80. The number of anilines is 1. The van der Waals surface area contributed by atoms with Crippen molar-refractivity contribution >= 4 is 17.6 Å². The van der Waals surface area contributed by atoms with E-state index in [0.717, 1.165) is 42.6 Å². The highest BCUT2D eigenvalue weighted by atomic mass is 16.2. The average Bonchev–Trinajstić information content (AvgIpc) is 2.83. The molecule has 0 spiro atoms. The molecule has 1 fully saturated rings. The SMILES string of the molecule is Cc1cc(C)cc(CNC(=O)c2cccc(-c3cnc(N)c(C(=O)N[C@H]4CCCNC4)n3)c2)c1. The topological polar surface area (TPSA) is 122 Å². The molecule has 0 saturated carbocycles. The van der Waals surface area contributed by atoms with E-state index in [-0.39, 0.29) is 29.4 Å². The Morgan fingerprint density at radius 1 is 1.12 bits per heavy atom. The third kappa shape index (κ3) is 5.77. The summed E-state index contributed by atoms with van der Waals surface area (Å²) in [6.45, 7) is 6.19. The predicted molar refractivity (Wildman–Crippen MR) is 132 cm³/mol. The van der Waals surface area contributed by atoms with Crippen LogP contribution >= 0.6 is 0 Å². The fraction of sp³-hybridized carbons (Fsp3) is 0.308. The first-order valence-corrected chi connectivity index (χ1v) is 11.5. The van der Waals surface area contributed by atoms with E-state index < -0.39 is 0 Å². The number of piperidine rings is 1. The molecule has 0 radical (unpaired) electrons. The zero-order valence-electron chi connectivity index (χ0n) is 19.5.